The van der Waals surface area contributed by atoms with E-state index >= 15 is 0 Å². The van der Waals surface area contributed by atoms with Gasteiger partial charge in [-0.15, -0.1) is 0 Å². The Labute approximate surface area is 139 Å². The molecule has 1 heterocycles. The Morgan fingerprint density at radius 1 is 1.29 bits per heavy atom. The first-order chi connectivity index (χ1) is 11.5. The zero-order valence-electron chi connectivity index (χ0n) is 13.8. The van der Waals surface area contributed by atoms with E-state index in [4.69, 9.17) is 4.74 Å². The Kier molecular flexibility index (Phi) is 4.83. The predicted octanol–water partition coefficient (Wildman–Crippen LogP) is 4.38. The summed E-state index contributed by atoms with van der Waals surface area (Å²) in [7, 11) is 1.50. The average molecular weight is 336 g/mol. The van der Waals surface area contributed by atoms with E-state index in [-0.39, 0.29) is 6.42 Å². The van der Waals surface area contributed by atoms with Crippen molar-refractivity contribution in [2.75, 3.05) is 7.11 Å². The fourth-order valence-corrected chi connectivity index (χ4v) is 2.92. The van der Waals surface area contributed by atoms with Gasteiger partial charge in [-0.3, -0.25) is 4.79 Å². The van der Waals surface area contributed by atoms with Crippen LogP contribution in [0.3, 0.4) is 0 Å². The summed E-state index contributed by atoms with van der Waals surface area (Å²) in [6.45, 7) is 0. The summed E-state index contributed by atoms with van der Waals surface area (Å²) in [5.74, 6) is -1.84. The van der Waals surface area contributed by atoms with Crippen LogP contribution in [0.2, 0.25) is 0 Å². The van der Waals surface area contributed by atoms with Crippen LogP contribution in [0, 0.1) is 5.92 Å². The number of hydrogen-bond donors (Lipinski definition) is 1. The van der Waals surface area contributed by atoms with Crippen LogP contribution in [0.4, 0.5) is 8.78 Å². The van der Waals surface area contributed by atoms with Crippen molar-refractivity contribution in [2.24, 2.45) is 5.92 Å². The molecule has 0 atom stereocenters. The first kappa shape index (κ1) is 16.9. The molecule has 6 heteroatoms. The van der Waals surface area contributed by atoms with Crippen LogP contribution in [-0.2, 0) is 5.92 Å². The number of ether oxygens (including phenoxy) is 1. The van der Waals surface area contributed by atoms with Crippen molar-refractivity contribution in [3.63, 3.8) is 0 Å². The number of methoxy groups -OCH3 is 1. The van der Waals surface area contributed by atoms with E-state index < -0.39 is 17.2 Å². The van der Waals surface area contributed by atoms with Crippen molar-refractivity contribution in [3.05, 3.63) is 34.2 Å². The van der Waals surface area contributed by atoms with Gasteiger partial charge in [0.25, 0.3) is 11.5 Å². The third-order valence-corrected chi connectivity index (χ3v) is 4.55. The highest BCUT2D eigenvalue weighted by Gasteiger charge is 2.36. The number of aromatic amines is 1. The number of rotatable bonds is 8. The Morgan fingerprint density at radius 3 is 2.79 bits per heavy atom. The van der Waals surface area contributed by atoms with Crippen LogP contribution in [-0.4, -0.2) is 17.1 Å². The molecular formula is C18H22F2N2O2. The Balaban J connectivity index is 1.71. The number of aromatic nitrogens is 2. The summed E-state index contributed by atoms with van der Waals surface area (Å²) in [6, 6.07) is 4.77. The first-order valence-corrected chi connectivity index (χ1v) is 8.46. The van der Waals surface area contributed by atoms with Crippen molar-refractivity contribution >= 4 is 11.0 Å². The van der Waals surface area contributed by atoms with E-state index in [9.17, 15) is 13.6 Å². The largest absolute Gasteiger partial charge is 0.497 e. The molecule has 1 aliphatic rings. The second-order valence-corrected chi connectivity index (χ2v) is 6.54. The molecule has 1 fully saturated rings. The summed E-state index contributed by atoms with van der Waals surface area (Å²) in [6.07, 6.45) is 5.55. The van der Waals surface area contributed by atoms with E-state index in [0.717, 1.165) is 25.2 Å². The van der Waals surface area contributed by atoms with Crippen molar-refractivity contribution in [1.82, 2.24) is 9.97 Å². The van der Waals surface area contributed by atoms with Gasteiger partial charge in [0.2, 0.25) is 0 Å². The van der Waals surface area contributed by atoms with E-state index in [0.29, 0.717) is 23.2 Å². The van der Waals surface area contributed by atoms with E-state index in [1.807, 2.05) is 0 Å². The van der Waals surface area contributed by atoms with Crippen LogP contribution in [0.15, 0.2) is 23.0 Å². The third kappa shape index (κ3) is 3.91. The maximum absolute atomic E-state index is 14.4. The SMILES string of the molecule is COc1ccc2nc(C(F)(F)CCCCCC3CC3)c(=O)[nH]c2c1. The van der Waals surface area contributed by atoms with E-state index in [1.165, 1.54) is 20.0 Å². The molecule has 0 unspecified atom stereocenters. The number of benzene rings is 1. The predicted molar refractivity (Wildman–Crippen MR) is 88.6 cm³/mol. The molecule has 1 aromatic heterocycles. The minimum atomic E-state index is -3.21. The number of unbranched alkanes of at least 4 members (excludes halogenated alkanes) is 2. The molecule has 0 amide bonds. The maximum Gasteiger partial charge on any atom is 0.295 e. The maximum atomic E-state index is 14.4. The van der Waals surface area contributed by atoms with Gasteiger partial charge in [-0.2, -0.15) is 8.78 Å². The van der Waals surface area contributed by atoms with E-state index in [2.05, 4.69) is 9.97 Å². The van der Waals surface area contributed by atoms with Crippen molar-refractivity contribution in [3.8, 4) is 5.75 Å². The number of halogens is 2. The molecule has 2 aromatic rings. The molecule has 0 radical (unpaired) electrons. The van der Waals surface area contributed by atoms with Gasteiger partial charge in [-0.25, -0.2) is 4.98 Å². The molecule has 4 nitrogen and oxygen atoms in total. The Hall–Kier alpha value is -1.98. The lowest BCUT2D eigenvalue weighted by molar-refractivity contribution is -0.0213. The zero-order chi connectivity index (χ0) is 17.2. The number of alkyl halides is 2. The van der Waals surface area contributed by atoms with Gasteiger partial charge in [0.1, 0.15) is 5.75 Å². The molecule has 1 N–H and O–H groups in total. The van der Waals surface area contributed by atoms with Crippen LogP contribution in [0.25, 0.3) is 11.0 Å². The molecule has 1 aliphatic carbocycles. The van der Waals surface area contributed by atoms with Gasteiger partial charge in [0.05, 0.1) is 18.1 Å². The monoisotopic (exact) mass is 336 g/mol. The van der Waals surface area contributed by atoms with Gasteiger partial charge in [0, 0.05) is 12.5 Å². The lowest BCUT2D eigenvalue weighted by Gasteiger charge is -2.15. The fourth-order valence-electron chi connectivity index (χ4n) is 2.92. The van der Waals surface area contributed by atoms with Gasteiger partial charge in [-0.1, -0.05) is 32.1 Å². The highest BCUT2D eigenvalue weighted by Crippen LogP contribution is 2.35. The molecule has 1 aromatic carbocycles. The van der Waals surface area contributed by atoms with E-state index in [1.54, 1.807) is 18.2 Å². The molecule has 0 aliphatic heterocycles. The fraction of sp³-hybridized carbons (Fsp3) is 0.556. The average Bonchev–Trinajstić information content (AvgIpc) is 3.37. The number of nitrogens with zero attached hydrogens (tertiary/aromatic N) is 1. The molecule has 0 bridgehead atoms. The molecular weight excluding hydrogens is 314 g/mol. The van der Waals surface area contributed by atoms with Gasteiger partial charge < -0.3 is 9.72 Å². The molecule has 0 saturated heterocycles. The van der Waals surface area contributed by atoms with Crippen LogP contribution in [0.1, 0.15) is 50.6 Å². The van der Waals surface area contributed by atoms with Crippen LogP contribution >= 0.6 is 0 Å². The highest BCUT2D eigenvalue weighted by molar-refractivity contribution is 5.75. The summed E-state index contributed by atoms with van der Waals surface area (Å²) in [5, 5.41) is 0. The van der Waals surface area contributed by atoms with Crippen molar-refractivity contribution in [2.45, 2.75) is 50.9 Å². The normalized spacial score (nSPS) is 15.0. The quantitative estimate of drug-likeness (QED) is 0.728. The Morgan fingerprint density at radius 2 is 2.08 bits per heavy atom. The smallest absolute Gasteiger partial charge is 0.295 e. The highest BCUT2D eigenvalue weighted by atomic mass is 19.3. The second-order valence-electron chi connectivity index (χ2n) is 6.54. The molecule has 24 heavy (non-hydrogen) atoms. The molecule has 0 spiro atoms. The van der Waals surface area contributed by atoms with Crippen molar-refractivity contribution in [1.29, 1.82) is 0 Å². The number of H-pyrrole nitrogens is 1. The topological polar surface area (TPSA) is 55.0 Å². The standard InChI is InChI=1S/C18H22F2N2O2/c1-24-13-8-9-14-15(11-13)22-17(23)16(21-14)18(19,20)10-4-2-3-5-12-6-7-12/h8-9,11-12H,2-7,10H2,1H3,(H,22,23). The van der Waals surface area contributed by atoms with Gasteiger partial charge in [-0.05, 0) is 24.5 Å². The first-order valence-electron chi connectivity index (χ1n) is 8.46. The minimum Gasteiger partial charge on any atom is -0.497 e. The number of fused-ring (bicyclic) bond motifs is 1. The number of hydrogen-bond acceptors (Lipinski definition) is 3. The second kappa shape index (κ2) is 6.87. The summed E-state index contributed by atoms with van der Waals surface area (Å²) in [5.41, 5.74) is -0.803. The molecule has 3 rings (SSSR count). The molecule has 1 saturated carbocycles. The minimum absolute atomic E-state index is 0.332. The zero-order valence-corrected chi connectivity index (χ0v) is 13.8. The van der Waals surface area contributed by atoms with Gasteiger partial charge in [0.15, 0.2) is 5.69 Å². The summed E-state index contributed by atoms with van der Waals surface area (Å²) >= 11 is 0. The Bertz CT molecular complexity index is 769. The van der Waals surface area contributed by atoms with Crippen molar-refractivity contribution < 1.29 is 13.5 Å². The van der Waals surface area contributed by atoms with Crippen LogP contribution < -0.4 is 10.3 Å². The van der Waals surface area contributed by atoms with Gasteiger partial charge >= 0.3 is 0 Å². The third-order valence-electron chi connectivity index (χ3n) is 4.55. The summed E-state index contributed by atoms with van der Waals surface area (Å²) < 4.78 is 33.8. The molecule has 130 valence electrons. The summed E-state index contributed by atoms with van der Waals surface area (Å²) in [4.78, 5) is 18.4. The number of nitrogens with one attached hydrogen (secondary N) is 1. The van der Waals surface area contributed by atoms with Crippen LogP contribution in [0.5, 0.6) is 5.75 Å². The lowest BCUT2D eigenvalue weighted by atomic mass is 10.0. The lowest BCUT2D eigenvalue weighted by Crippen LogP contribution is -2.27.